The average Bonchev–Trinajstić information content (AvgIpc) is 2.85. The van der Waals surface area contributed by atoms with Crippen LogP contribution in [0.15, 0.2) is 89.8 Å². The first-order valence-electron chi connectivity index (χ1n) is 11.2. The van der Waals surface area contributed by atoms with Crippen LogP contribution in [0.3, 0.4) is 0 Å². The molecule has 4 rings (SSSR count). The highest BCUT2D eigenvalue weighted by Crippen LogP contribution is 2.29. The van der Waals surface area contributed by atoms with Crippen molar-refractivity contribution in [2.45, 2.75) is 24.4 Å². The fourth-order valence-electron chi connectivity index (χ4n) is 3.98. The van der Waals surface area contributed by atoms with Crippen molar-refractivity contribution in [3.63, 3.8) is 0 Å². The molecule has 0 fully saturated rings. The molecule has 3 aromatic carbocycles. The Labute approximate surface area is 205 Å². The minimum Gasteiger partial charge on any atom is -0.497 e. The SMILES string of the molecule is COc1ccc(C2/C=C\CN(S(=O)(=O)c3ccc(C)cc3)CC(=O)N2Cc2ccc(F)cc2)cc1. The van der Waals surface area contributed by atoms with Gasteiger partial charge in [-0.15, -0.1) is 0 Å². The van der Waals surface area contributed by atoms with Gasteiger partial charge >= 0.3 is 0 Å². The van der Waals surface area contributed by atoms with E-state index < -0.39 is 16.1 Å². The van der Waals surface area contributed by atoms with Gasteiger partial charge in [0.25, 0.3) is 0 Å². The van der Waals surface area contributed by atoms with Crippen LogP contribution in [0.2, 0.25) is 0 Å². The average molecular weight is 495 g/mol. The third kappa shape index (κ3) is 5.61. The maximum absolute atomic E-state index is 13.6. The third-order valence-electron chi connectivity index (χ3n) is 5.98. The number of benzene rings is 3. The summed E-state index contributed by atoms with van der Waals surface area (Å²) in [5, 5.41) is 0. The second-order valence-electron chi connectivity index (χ2n) is 8.40. The lowest BCUT2D eigenvalue weighted by molar-refractivity contribution is -0.133. The van der Waals surface area contributed by atoms with Crippen LogP contribution in [0.25, 0.3) is 0 Å². The molecule has 3 aromatic rings. The van der Waals surface area contributed by atoms with E-state index in [2.05, 4.69) is 0 Å². The maximum Gasteiger partial charge on any atom is 0.243 e. The molecule has 0 radical (unpaired) electrons. The van der Waals surface area contributed by atoms with Crippen molar-refractivity contribution in [1.82, 2.24) is 9.21 Å². The summed E-state index contributed by atoms with van der Waals surface area (Å²) in [5.41, 5.74) is 2.54. The summed E-state index contributed by atoms with van der Waals surface area (Å²) in [7, 11) is -2.29. The Morgan fingerprint density at radius 2 is 1.63 bits per heavy atom. The van der Waals surface area contributed by atoms with E-state index in [0.29, 0.717) is 5.75 Å². The van der Waals surface area contributed by atoms with E-state index in [1.54, 1.807) is 54.5 Å². The van der Waals surface area contributed by atoms with Crippen molar-refractivity contribution < 1.29 is 22.3 Å². The van der Waals surface area contributed by atoms with Crippen LogP contribution in [-0.4, -0.2) is 43.7 Å². The van der Waals surface area contributed by atoms with Gasteiger partial charge < -0.3 is 9.64 Å². The van der Waals surface area contributed by atoms with Crippen molar-refractivity contribution in [2.24, 2.45) is 0 Å². The topological polar surface area (TPSA) is 66.9 Å². The van der Waals surface area contributed by atoms with Crippen LogP contribution in [-0.2, 0) is 21.4 Å². The van der Waals surface area contributed by atoms with Crippen LogP contribution in [0.1, 0.15) is 22.7 Å². The summed E-state index contributed by atoms with van der Waals surface area (Å²) in [6.45, 7) is 1.83. The monoisotopic (exact) mass is 494 g/mol. The van der Waals surface area contributed by atoms with E-state index in [1.165, 1.54) is 16.4 Å². The third-order valence-corrected chi connectivity index (χ3v) is 7.80. The van der Waals surface area contributed by atoms with E-state index in [0.717, 1.165) is 16.7 Å². The molecule has 0 N–H and O–H groups in total. The molecule has 0 bridgehead atoms. The quantitative estimate of drug-likeness (QED) is 0.474. The number of halogens is 1. The van der Waals surface area contributed by atoms with Gasteiger partial charge in [0.2, 0.25) is 15.9 Å². The molecule has 35 heavy (non-hydrogen) atoms. The number of hydrogen-bond acceptors (Lipinski definition) is 4. The van der Waals surface area contributed by atoms with Gasteiger partial charge in [0.05, 0.1) is 24.6 Å². The molecule has 1 aliphatic rings. The van der Waals surface area contributed by atoms with Crippen molar-refractivity contribution in [1.29, 1.82) is 0 Å². The van der Waals surface area contributed by atoms with Crippen LogP contribution in [0.4, 0.5) is 4.39 Å². The predicted molar refractivity (Wildman–Crippen MR) is 132 cm³/mol. The Bertz CT molecular complexity index is 1300. The number of nitrogens with zero attached hydrogens (tertiary/aromatic N) is 2. The highest BCUT2D eigenvalue weighted by molar-refractivity contribution is 7.89. The normalized spacial score (nSPS) is 18.1. The minimum atomic E-state index is -3.88. The number of sulfonamides is 1. The summed E-state index contributed by atoms with van der Waals surface area (Å²) in [6, 6.07) is 19.4. The second-order valence-corrected chi connectivity index (χ2v) is 10.3. The minimum absolute atomic E-state index is 0.0684. The van der Waals surface area contributed by atoms with E-state index >= 15 is 0 Å². The Balaban J connectivity index is 1.70. The standard InChI is InChI=1S/C27H27FN2O4S/c1-20-5-15-25(16-6-20)35(32,33)29-17-3-4-26(22-9-13-24(34-2)14-10-22)30(27(31)19-29)18-21-7-11-23(28)12-8-21/h3-16,26H,17-19H2,1-2H3/b4-3-. The lowest BCUT2D eigenvalue weighted by atomic mass is 10.0. The first kappa shape index (κ1) is 24.6. The number of aryl methyl sites for hydroxylation is 1. The van der Waals surface area contributed by atoms with Gasteiger partial charge in [0.1, 0.15) is 11.6 Å². The molecular weight excluding hydrogens is 467 g/mol. The van der Waals surface area contributed by atoms with Crippen molar-refractivity contribution >= 4 is 15.9 Å². The molecule has 0 saturated carbocycles. The van der Waals surface area contributed by atoms with E-state index in [1.807, 2.05) is 37.3 Å². The maximum atomic E-state index is 13.6. The first-order valence-corrected chi connectivity index (χ1v) is 12.6. The lowest BCUT2D eigenvalue weighted by Gasteiger charge is -2.34. The molecular formula is C27H27FN2O4S. The molecule has 0 spiro atoms. The molecule has 8 heteroatoms. The largest absolute Gasteiger partial charge is 0.497 e. The van der Waals surface area contributed by atoms with Gasteiger partial charge in [-0.3, -0.25) is 4.79 Å². The summed E-state index contributed by atoms with van der Waals surface area (Å²) in [4.78, 5) is 15.3. The molecule has 1 atom stereocenters. The Kier molecular flexibility index (Phi) is 7.33. The van der Waals surface area contributed by atoms with E-state index in [4.69, 9.17) is 4.74 Å². The van der Waals surface area contributed by atoms with Crippen LogP contribution in [0.5, 0.6) is 5.75 Å². The molecule has 6 nitrogen and oxygen atoms in total. The van der Waals surface area contributed by atoms with Gasteiger partial charge in [0, 0.05) is 13.1 Å². The fraction of sp³-hybridized carbons (Fsp3) is 0.222. The molecule has 1 unspecified atom stereocenters. The van der Waals surface area contributed by atoms with Gasteiger partial charge in [-0.2, -0.15) is 4.31 Å². The molecule has 1 aliphatic heterocycles. The molecule has 1 heterocycles. The Morgan fingerprint density at radius 3 is 2.26 bits per heavy atom. The molecule has 182 valence electrons. The van der Waals surface area contributed by atoms with E-state index in [-0.39, 0.29) is 36.3 Å². The highest BCUT2D eigenvalue weighted by Gasteiger charge is 2.32. The van der Waals surface area contributed by atoms with Crippen molar-refractivity contribution in [3.05, 3.63) is 107 Å². The predicted octanol–water partition coefficient (Wildman–Crippen LogP) is 4.47. The first-order chi connectivity index (χ1) is 16.8. The number of carbonyl (C=O) groups excluding carboxylic acids is 1. The Hall–Kier alpha value is -3.49. The summed E-state index contributed by atoms with van der Waals surface area (Å²) >= 11 is 0. The van der Waals surface area contributed by atoms with Crippen LogP contribution >= 0.6 is 0 Å². The van der Waals surface area contributed by atoms with Crippen LogP contribution < -0.4 is 4.74 Å². The zero-order valence-electron chi connectivity index (χ0n) is 19.6. The van der Waals surface area contributed by atoms with Gasteiger partial charge in [-0.25, -0.2) is 12.8 Å². The molecule has 1 amide bonds. The molecule has 0 aliphatic carbocycles. The van der Waals surface area contributed by atoms with Crippen molar-refractivity contribution in [3.8, 4) is 5.75 Å². The Morgan fingerprint density at radius 1 is 0.971 bits per heavy atom. The molecule has 0 aromatic heterocycles. The van der Waals surface area contributed by atoms with Crippen LogP contribution in [0, 0.1) is 12.7 Å². The second kappa shape index (κ2) is 10.4. The smallest absolute Gasteiger partial charge is 0.243 e. The number of amides is 1. The number of carbonyl (C=O) groups is 1. The zero-order valence-corrected chi connectivity index (χ0v) is 20.4. The van der Waals surface area contributed by atoms with Gasteiger partial charge in [0.15, 0.2) is 0 Å². The summed E-state index contributed by atoms with van der Waals surface area (Å²) < 4.78 is 46.5. The number of ether oxygens (including phenoxy) is 1. The van der Waals surface area contributed by atoms with Gasteiger partial charge in [-0.1, -0.05) is 54.1 Å². The zero-order chi connectivity index (χ0) is 25.0. The number of rotatable bonds is 6. The summed E-state index contributed by atoms with van der Waals surface area (Å²) in [6.07, 6.45) is 3.60. The number of hydrogen-bond donors (Lipinski definition) is 0. The van der Waals surface area contributed by atoms with Crippen molar-refractivity contribution in [2.75, 3.05) is 20.2 Å². The molecule has 0 saturated heterocycles. The van der Waals surface area contributed by atoms with Gasteiger partial charge in [-0.05, 0) is 54.4 Å². The number of methoxy groups -OCH3 is 1. The summed E-state index contributed by atoms with van der Waals surface area (Å²) in [5.74, 6) is -0.0276. The fourth-order valence-corrected chi connectivity index (χ4v) is 5.32. The highest BCUT2D eigenvalue weighted by atomic mass is 32.2. The lowest BCUT2D eigenvalue weighted by Crippen LogP contribution is -2.45. The van der Waals surface area contributed by atoms with E-state index in [9.17, 15) is 17.6 Å².